The molecule has 0 bridgehead atoms. The van der Waals surface area contributed by atoms with Gasteiger partial charge in [0.15, 0.2) is 15.7 Å². The number of likely N-dealkylation sites (N-methyl/N-ethyl adjacent to an activating group) is 1. The minimum absolute atomic E-state index is 0.106. The Morgan fingerprint density at radius 1 is 0.912 bits per heavy atom. The molecular weight excluding hydrogens is 450 g/mol. The van der Waals surface area contributed by atoms with Gasteiger partial charge in [0.1, 0.15) is 5.52 Å². The van der Waals surface area contributed by atoms with E-state index in [1.807, 2.05) is 16.8 Å². The molecule has 9 nitrogen and oxygen atoms in total. The number of nitrogen functional groups attached to an aromatic ring is 1. The zero-order valence-corrected chi connectivity index (χ0v) is 20.0. The van der Waals surface area contributed by atoms with Gasteiger partial charge in [-0.15, -0.1) is 0 Å². The number of para-hydroxylation sites is 1. The van der Waals surface area contributed by atoms with Crippen LogP contribution in [0.15, 0.2) is 65.7 Å². The van der Waals surface area contributed by atoms with Gasteiger partial charge in [-0.1, -0.05) is 12.1 Å². The van der Waals surface area contributed by atoms with Gasteiger partial charge in [-0.05, 0) is 49.5 Å². The second-order valence-electron chi connectivity index (χ2n) is 8.55. The van der Waals surface area contributed by atoms with Crippen molar-refractivity contribution in [3.8, 4) is 5.69 Å². The van der Waals surface area contributed by atoms with Crippen LogP contribution in [0.4, 0.5) is 23.1 Å². The zero-order chi connectivity index (χ0) is 23.9. The highest BCUT2D eigenvalue weighted by molar-refractivity contribution is 7.90. The maximum absolute atomic E-state index is 12.3. The zero-order valence-electron chi connectivity index (χ0n) is 19.1. The number of benzene rings is 2. The summed E-state index contributed by atoms with van der Waals surface area (Å²) in [7, 11) is -1.29. The number of hydrogen-bond donors (Lipinski definition) is 2. The van der Waals surface area contributed by atoms with Crippen molar-refractivity contribution in [2.45, 2.75) is 4.90 Å². The smallest absolute Gasteiger partial charge is 0.222 e. The normalized spacial score (nSPS) is 15.1. The third kappa shape index (κ3) is 4.29. The van der Waals surface area contributed by atoms with Crippen LogP contribution in [0.1, 0.15) is 0 Å². The molecule has 176 valence electrons. The number of nitrogens with one attached hydrogen (secondary N) is 1. The number of aromatic nitrogens is 3. The molecule has 0 aliphatic carbocycles. The lowest BCUT2D eigenvalue weighted by molar-refractivity contribution is 0.313. The third-order valence-electron chi connectivity index (χ3n) is 6.09. The first-order valence-electron chi connectivity index (χ1n) is 11.0. The molecule has 0 spiro atoms. The molecule has 2 aromatic heterocycles. The summed E-state index contributed by atoms with van der Waals surface area (Å²) in [6.07, 6.45) is 3.10. The average molecular weight is 478 g/mol. The van der Waals surface area contributed by atoms with E-state index in [0.29, 0.717) is 22.5 Å². The Morgan fingerprint density at radius 3 is 2.29 bits per heavy atom. The van der Waals surface area contributed by atoms with Crippen molar-refractivity contribution in [3.63, 3.8) is 0 Å². The SMILES string of the molecule is CN1CCN(c2ccc(-n3ccc4nc(N)nc(Nc5ccccc5S(C)(=O)=O)c43)cc2)CC1. The van der Waals surface area contributed by atoms with Gasteiger partial charge in [-0.2, -0.15) is 4.98 Å². The topological polar surface area (TPSA) is 109 Å². The van der Waals surface area contributed by atoms with Gasteiger partial charge in [0.2, 0.25) is 5.95 Å². The fraction of sp³-hybridized carbons (Fsp3) is 0.250. The Hall–Kier alpha value is -3.63. The van der Waals surface area contributed by atoms with Crippen LogP contribution >= 0.6 is 0 Å². The second kappa shape index (κ2) is 8.62. The summed E-state index contributed by atoms with van der Waals surface area (Å²) >= 11 is 0. The van der Waals surface area contributed by atoms with Crippen molar-refractivity contribution in [2.75, 3.05) is 55.4 Å². The van der Waals surface area contributed by atoms with Gasteiger partial charge in [0, 0.05) is 50.0 Å². The fourth-order valence-electron chi connectivity index (χ4n) is 4.28. The van der Waals surface area contributed by atoms with Gasteiger partial charge in [0.05, 0.1) is 16.1 Å². The lowest BCUT2D eigenvalue weighted by atomic mass is 10.2. The van der Waals surface area contributed by atoms with Crippen molar-refractivity contribution >= 4 is 44.0 Å². The molecule has 0 atom stereocenters. The van der Waals surface area contributed by atoms with Crippen molar-refractivity contribution < 1.29 is 8.42 Å². The predicted octanol–water partition coefficient (Wildman–Crippen LogP) is 2.90. The lowest BCUT2D eigenvalue weighted by Gasteiger charge is -2.34. The predicted molar refractivity (Wildman–Crippen MR) is 136 cm³/mol. The molecule has 10 heteroatoms. The van der Waals surface area contributed by atoms with Crippen LogP contribution in [0.2, 0.25) is 0 Å². The first-order chi connectivity index (χ1) is 16.3. The highest BCUT2D eigenvalue weighted by Gasteiger charge is 2.18. The van der Waals surface area contributed by atoms with Gasteiger partial charge in [-0.25, -0.2) is 13.4 Å². The molecule has 0 unspecified atom stereocenters. The molecule has 5 rings (SSSR count). The van der Waals surface area contributed by atoms with Crippen molar-refractivity contribution in [1.29, 1.82) is 0 Å². The van der Waals surface area contributed by atoms with E-state index in [-0.39, 0.29) is 10.8 Å². The molecule has 2 aromatic carbocycles. The van der Waals surface area contributed by atoms with Crippen LogP contribution in [0.5, 0.6) is 0 Å². The van der Waals surface area contributed by atoms with Crippen LogP contribution in [0, 0.1) is 0 Å². The van der Waals surface area contributed by atoms with E-state index in [1.165, 1.54) is 11.9 Å². The molecule has 0 amide bonds. The summed E-state index contributed by atoms with van der Waals surface area (Å²) in [5.41, 5.74) is 9.91. The maximum atomic E-state index is 12.3. The number of nitrogens with zero attached hydrogens (tertiary/aromatic N) is 5. The second-order valence-corrected chi connectivity index (χ2v) is 10.5. The van der Waals surface area contributed by atoms with E-state index in [4.69, 9.17) is 5.73 Å². The molecule has 0 radical (unpaired) electrons. The molecule has 34 heavy (non-hydrogen) atoms. The van der Waals surface area contributed by atoms with Crippen molar-refractivity contribution in [3.05, 3.63) is 60.8 Å². The van der Waals surface area contributed by atoms with E-state index in [1.54, 1.807) is 24.3 Å². The Kier molecular flexibility index (Phi) is 5.62. The van der Waals surface area contributed by atoms with Crippen LogP contribution < -0.4 is 16.0 Å². The van der Waals surface area contributed by atoms with Gasteiger partial charge < -0.3 is 25.4 Å². The summed E-state index contributed by atoms with van der Waals surface area (Å²) in [6.45, 7) is 4.10. The molecule has 4 aromatic rings. The van der Waals surface area contributed by atoms with E-state index in [0.717, 1.165) is 31.9 Å². The monoisotopic (exact) mass is 477 g/mol. The molecular formula is C24H27N7O2S. The highest BCUT2D eigenvalue weighted by Crippen LogP contribution is 2.31. The fourth-order valence-corrected chi connectivity index (χ4v) is 5.12. The number of rotatable bonds is 5. The summed E-state index contributed by atoms with van der Waals surface area (Å²) < 4.78 is 26.5. The first kappa shape index (κ1) is 22.2. The van der Waals surface area contributed by atoms with Crippen LogP contribution in [-0.4, -0.2) is 67.3 Å². The van der Waals surface area contributed by atoms with Crippen LogP contribution in [-0.2, 0) is 9.84 Å². The summed E-state index contributed by atoms with van der Waals surface area (Å²) in [5, 5.41) is 3.18. The van der Waals surface area contributed by atoms with E-state index < -0.39 is 9.84 Å². The maximum Gasteiger partial charge on any atom is 0.222 e. The van der Waals surface area contributed by atoms with Gasteiger partial charge in [-0.3, -0.25) is 0 Å². The summed E-state index contributed by atoms with van der Waals surface area (Å²) in [6, 6.07) is 17.0. The largest absolute Gasteiger partial charge is 0.369 e. The number of sulfone groups is 1. The molecule has 1 aliphatic heterocycles. The molecule has 1 saturated heterocycles. The Labute approximate surface area is 198 Å². The van der Waals surface area contributed by atoms with Gasteiger partial charge >= 0.3 is 0 Å². The highest BCUT2D eigenvalue weighted by atomic mass is 32.2. The third-order valence-corrected chi connectivity index (χ3v) is 7.24. The van der Waals surface area contributed by atoms with E-state index in [2.05, 4.69) is 56.4 Å². The molecule has 0 saturated carbocycles. The Balaban J connectivity index is 1.54. The quantitative estimate of drug-likeness (QED) is 0.452. The van der Waals surface area contributed by atoms with Crippen molar-refractivity contribution in [1.82, 2.24) is 19.4 Å². The number of nitrogens with two attached hydrogens (primary N) is 1. The Bertz CT molecular complexity index is 1440. The average Bonchev–Trinajstić information content (AvgIpc) is 3.23. The van der Waals surface area contributed by atoms with Crippen LogP contribution in [0.3, 0.4) is 0 Å². The first-order valence-corrected chi connectivity index (χ1v) is 12.9. The molecule has 3 N–H and O–H groups in total. The van der Waals surface area contributed by atoms with Gasteiger partial charge in [0.25, 0.3) is 0 Å². The number of fused-ring (bicyclic) bond motifs is 1. The van der Waals surface area contributed by atoms with Crippen molar-refractivity contribution in [2.24, 2.45) is 0 Å². The van der Waals surface area contributed by atoms with E-state index >= 15 is 0 Å². The molecule has 3 heterocycles. The Morgan fingerprint density at radius 2 is 1.59 bits per heavy atom. The standard InChI is InChI=1S/C24H27N7O2S/c1-29-13-15-30(16-14-29)17-7-9-18(10-8-17)31-12-11-20-22(31)23(28-24(25)27-20)26-19-5-3-4-6-21(19)34(2,32)33/h3-12H,13-16H2,1-2H3,(H3,25,26,27,28). The number of piperazine rings is 1. The van der Waals surface area contributed by atoms with Crippen LogP contribution in [0.25, 0.3) is 16.7 Å². The summed E-state index contributed by atoms with van der Waals surface area (Å²) in [5.74, 6) is 0.543. The van der Waals surface area contributed by atoms with E-state index in [9.17, 15) is 8.42 Å². The minimum Gasteiger partial charge on any atom is -0.369 e. The lowest BCUT2D eigenvalue weighted by Crippen LogP contribution is -2.44. The molecule has 1 aliphatic rings. The number of hydrogen-bond acceptors (Lipinski definition) is 8. The minimum atomic E-state index is -3.44. The molecule has 1 fully saturated rings. The number of anilines is 4. The summed E-state index contributed by atoms with van der Waals surface area (Å²) in [4.78, 5) is 13.7.